The molecule has 0 rings (SSSR count). The van der Waals surface area contributed by atoms with Crippen LogP contribution in [0.1, 0.15) is 361 Å². The van der Waals surface area contributed by atoms with Crippen molar-refractivity contribution in [3.63, 3.8) is 0 Å². The molecule has 0 bridgehead atoms. The van der Waals surface area contributed by atoms with Gasteiger partial charge in [0.1, 0.15) is 0 Å². The number of rotatable bonds is 62. The van der Waals surface area contributed by atoms with Gasteiger partial charge in [0.2, 0.25) is 5.91 Å². The van der Waals surface area contributed by atoms with Crippen LogP contribution in [-0.4, -0.2) is 47.4 Å². The predicted molar refractivity (Wildman–Crippen MR) is 324 cm³/mol. The average Bonchev–Trinajstić information content (AvgIpc) is 3.40. The van der Waals surface area contributed by atoms with Crippen molar-refractivity contribution < 1.29 is 24.5 Å². The van der Waals surface area contributed by atoms with Crippen molar-refractivity contribution in [1.29, 1.82) is 0 Å². The lowest BCUT2D eigenvalue weighted by atomic mass is 10.0. The van der Waals surface area contributed by atoms with Crippen LogP contribution in [0.4, 0.5) is 0 Å². The summed E-state index contributed by atoms with van der Waals surface area (Å²) in [5.41, 5.74) is 0. The van der Waals surface area contributed by atoms with Gasteiger partial charge in [-0.1, -0.05) is 301 Å². The average molecular weight is 1040 g/mol. The van der Waals surface area contributed by atoms with Gasteiger partial charge in [-0.15, -0.1) is 0 Å². The molecule has 6 heteroatoms. The number of aliphatic hydroxyl groups excluding tert-OH is 2. The number of hydrogen-bond acceptors (Lipinski definition) is 5. The van der Waals surface area contributed by atoms with E-state index in [1.165, 1.54) is 276 Å². The van der Waals surface area contributed by atoms with Gasteiger partial charge in [-0.05, 0) is 83.5 Å². The van der Waals surface area contributed by atoms with Crippen molar-refractivity contribution in [1.82, 2.24) is 5.32 Å². The van der Waals surface area contributed by atoms with Crippen LogP contribution in [0.25, 0.3) is 0 Å². The molecule has 3 N–H and O–H groups in total. The van der Waals surface area contributed by atoms with Gasteiger partial charge < -0.3 is 20.3 Å². The first-order valence-electron chi connectivity index (χ1n) is 33.2. The van der Waals surface area contributed by atoms with E-state index in [9.17, 15) is 19.8 Å². The van der Waals surface area contributed by atoms with Crippen LogP contribution >= 0.6 is 0 Å². The Hall–Kier alpha value is -1.92. The number of unbranched alkanes of at least 4 members (excludes halogenated alkanes) is 45. The van der Waals surface area contributed by atoms with E-state index in [1.54, 1.807) is 0 Å². The monoisotopic (exact) mass is 1040 g/mol. The second-order valence-corrected chi connectivity index (χ2v) is 22.8. The van der Waals surface area contributed by atoms with Crippen molar-refractivity contribution in [2.75, 3.05) is 13.2 Å². The van der Waals surface area contributed by atoms with Crippen LogP contribution in [-0.2, 0) is 14.3 Å². The smallest absolute Gasteiger partial charge is 0.305 e. The van der Waals surface area contributed by atoms with E-state index in [0.29, 0.717) is 25.9 Å². The molecule has 0 radical (unpaired) electrons. The maximum Gasteiger partial charge on any atom is 0.305 e. The highest BCUT2D eigenvalue weighted by molar-refractivity contribution is 5.76. The van der Waals surface area contributed by atoms with Crippen molar-refractivity contribution in [3.05, 3.63) is 36.5 Å². The Morgan fingerprint density at radius 2 is 0.676 bits per heavy atom. The van der Waals surface area contributed by atoms with Gasteiger partial charge in [0.05, 0.1) is 25.4 Å². The van der Waals surface area contributed by atoms with E-state index < -0.39 is 12.1 Å². The summed E-state index contributed by atoms with van der Waals surface area (Å²) in [5, 5.41) is 23.2. The second-order valence-electron chi connectivity index (χ2n) is 22.8. The van der Waals surface area contributed by atoms with Gasteiger partial charge in [0, 0.05) is 12.8 Å². The summed E-state index contributed by atoms with van der Waals surface area (Å²) in [6.45, 7) is 4.94. The fraction of sp³-hybridized carbons (Fsp3) is 0.882. The number of hydrogen-bond donors (Lipinski definition) is 3. The lowest BCUT2D eigenvalue weighted by molar-refractivity contribution is -0.143. The van der Waals surface area contributed by atoms with Gasteiger partial charge in [0.15, 0.2) is 0 Å². The highest BCUT2D eigenvalue weighted by Crippen LogP contribution is 2.18. The number of esters is 1. The minimum atomic E-state index is -0.661. The first-order chi connectivity index (χ1) is 36.5. The lowest BCUT2D eigenvalue weighted by Crippen LogP contribution is -2.45. The molecule has 0 heterocycles. The van der Waals surface area contributed by atoms with Crippen LogP contribution in [0.5, 0.6) is 0 Å². The van der Waals surface area contributed by atoms with Crippen LogP contribution in [0.2, 0.25) is 0 Å². The van der Waals surface area contributed by atoms with Crippen molar-refractivity contribution in [2.24, 2.45) is 0 Å². The topological polar surface area (TPSA) is 95.9 Å². The molecule has 0 saturated carbocycles. The fourth-order valence-electron chi connectivity index (χ4n) is 10.3. The Labute approximate surface area is 462 Å². The summed E-state index contributed by atoms with van der Waals surface area (Å²) >= 11 is 0. The lowest BCUT2D eigenvalue weighted by Gasteiger charge is -2.22. The zero-order valence-corrected chi connectivity index (χ0v) is 49.8. The summed E-state index contributed by atoms with van der Waals surface area (Å²) in [6, 6.07) is -0.538. The van der Waals surface area contributed by atoms with Gasteiger partial charge in [-0.25, -0.2) is 0 Å². The molecule has 436 valence electrons. The zero-order valence-electron chi connectivity index (χ0n) is 49.8. The van der Waals surface area contributed by atoms with E-state index in [4.69, 9.17) is 4.74 Å². The highest BCUT2D eigenvalue weighted by Gasteiger charge is 2.20. The quantitative estimate of drug-likeness (QED) is 0.0320. The number of ether oxygens (including phenoxy) is 1. The molecule has 0 fully saturated rings. The SMILES string of the molecule is CCCCCC/C=C\CCCCCCCC(=O)OCCCCCCCCCCC/C=C\C/C=C\CCCCCCCCCCCCCCCCCCCC(=O)NC(CO)C(O)CCCCCCCCCCCCC. The molecule has 2 atom stereocenters. The van der Waals surface area contributed by atoms with E-state index in [2.05, 4.69) is 55.6 Å². The molecule has 0 aromatic heterocycles. The fourth-order valence-corrected chi connectivity index (χ4v) is 10.3. The Kier molecular flexibility index (Phi) is 62.0. The molecular formula is C68H129NO5. The predicted octanol–water partition coefficient (Wildman–Crippen LogP) is 21.1. The maximum absolute atomic E-state index is 12.5. The third-order valence-corrected chi connectivity index (χ3v) is 15.4. The largest absolute Gasteiger partial charge is 0.466 e. The molecule has 0 aromatic carbocycles. The van der Waals surface area contributed by atoms with E-state index in [0.717, 1.165) is 51.4 Å². The Balaban J connectivity index is 3.36. The first kappa shape index (κ1) is 72.1. The normalized spacial score (nSPS) is 12.8. The Morgan fingerprint density at radius 3 is 1.05 bits per heavy atom. The van der Waals surface area contributed by atoms with E-state index >= 15 is 0 Å². The number of amides is 1. The van der Waals surface area contributed by atoms with E-state index in [1.807, 2.05) is 0 Å². The molecule has 6 nitrogen and oxygen atoms in total. The van der Waals surface area contributed by atoms with Gasteiger partial charge >= 0.3 is 5.97 Å². The molecule has 0 aliphatic carbocycles. The number of allylic oxidation sites excluding steroid dienone is 6. The molecule has 0 aliphatic rings. The van der Waals surface area contributed by atoms with Crippen molar-refractivity contribution in [3.8, 4) is 0 Å². The third-order valence-electron chi connectivity index (χ3n) is 15.4. The Morgan fingerprint density at radius 1 is 0.378 bits per heavy atom. The standard InChI is InChI=1S/C68H129NO5/c1-3-5-7-9-11-13-15-37-42-46-50-54-58-62-68(73)74-63-59-55-51-47-43-39-36-34-32-30-28-26-24-22-20-18-16-17-19-21-23-25-27-29-31-33-35-38-41-45-49-53-57-61-67(72)69-65(64-70)66(71)60-56-52-48-44-40-14-12-10-8-6-4-2/h13,15,20,22,26,28,65-66,70-71H,3-12,14,16-19,21,23-25,27,29-64H2,1-2H3,(H,69,72)/b15-13-,22-20-,28-26-. The minimum absolute atomic E-state index is 0.00492. The van der Waals surface area contributed by atoms with Gasteiger partial charge in [-0.2, -0.15) is 0 Å². The third kappa shape index (κ3) is 59.3. The second kappa shape index (κ2) is 63.6. The molecule has 0 aromatic rings. The number of carbonyl (C=O) groups is 2. The molecule has 0 aliphatic heterocycles. The maximum atomic E-state index is 12.5. The van der Waals surface area contributed by atoms with Crippen LogP contribution in [0.15, 0.2) is 36.5 Å². The van der Waals surface area contributed by atoms with Gasteiger partial charge in [0.25, 0.3) is 0 Å². The molecular weight excluding hydrogens is 911 g/mol. The summed E-state index contributed by atoms with van der Waals surface area (Å²) in [7, 11) is 0. The van der Waals surface area contributed by atoms with E-state index in [-0.39, 0.29) is 18.5 Å². The molecule has 0 spiro atoms. The Bertz CT molecular complexity index is 1200. The van der Waals surface area contributed by atoms with Crippen LogP contribution < -0.4 is 5.32 Å². The minimum Gasteiger partial charge on any atom is -0.466 e. The molecule has 2 unspecified atom stereocenters. The highest BCUT2D eigenvalue weighted by atomic mass is 16.5. The van der Waals surface area contributed by atoms with Crippen molar-refractivity contribution >= 4 is 11.9 Å². The summed E-state index contributed by atoms with van der Waals surface area (Å²) < 4.78 is 5.47. The first-order valence-corrected chi connectivity index (χ1v) is 33.2. The molecule has 74 heavy (non-hydrogen) atoms. The van der Waals surface area contributed by atoms with Crippen LogP contribution in [0.3, 0.4) is 0 Å². The van der Waals surface area contributed by atoms with Gasteiger partial charge in [-0.3, -0.25) is 9.59 Å². The number of carbonyl (C=O) groups excluding carboxylic acids is 2. The summed E-state index contributed by atoms with van der Waals surface area (Å²) in [6.07, 6.45) is 80.5. The zero-order chi connectivity index (χ0) is 53.6. The molecule has 0 saturated heterocycles. The van der Waals surface area contributed by atoms with Crippen LogP contribution in [0, 0.1) is 0 Å². The summed E-state index contributed by atoms with van der Waals surface area (Å²) in [4.78, 5) is 24.5. The van der Waals surface area contributed by atoms with Crippen molar-refractivity contribution in [2.45, 2.75) is 373 Å². The molecule has 1 amide bonds. The number of aliphatic hydroxyl groups is 2. The summed E-state index contributed by atoms with van der Waals surface area (Å²) in [5.74, 6) is -0.0280. The number of nitrogens with one attached hydrogen (secondary N) is 1.